The summed E-state index contributed by atoms with van der Waals surface area (Å²) < 4.78 is 1.92. The number of hydrogen-bond acceptors (Lipinski definition) is 2. The fraction of sp³-hybridized carbons (Fsp3) is 0.158. The summed E-state index contributed by atoms with van der Waals surface area (Å²) in [6, 6.07) is 17.8. The predicted octanol–water partition coefficient (Wildman–Crippen LogP) is 3.54. The summed E-state index contributed by atoms with van der Waals surface area (Å²) in [5.74, 6) is 0.0754. The van der Waals surface area contributed by atoms with E-state index in [0.29, 0.717) is 0 Å². The Bertz CT molecular complexity index is 821. The molecule has 1 heterocycles. The van der Waals surface area contributed by atoms with Gasteiger partial charge in [-0.1, -0.05) is 36.4 Å². The minimum absolute atomic E-state index is 0.0754. The first-order valence-electron chi connectivity index (χ1n) is 7.73. The van der Waals surface area contributed by atoms with Gasteiger partial charge in [0, 0.05) is 23.8 Å². The third-order valence-electron chi connectivity index (χ3n) is 4.42. The molecule has 4 heteroatoms. The van der Waals surface area contributed by atoms with Crippen LogP contribution in [-0.4, -0.2) is 15.5 Å². The Morgan fingerprint density at radius 2 is 1.91 bits per heavy atom. The zero-order valence-corrected chi connectivity index (χ0v) is 12.6. The third-order valence-corrected chi connectivity index (χ3v) is 4.42. The van der Waals surface area contributed by atoms with E-state index in [1.807, 2.05) is 65.4 Å². The summed E-state index contributed by atoms with van der Waals surface area (Å²) >= 11 is 0. The van der Waals surface area contributed by atoms with E-state index in [0.717, 1.165) is 29.8 Å². The van der Waals surface area contributed by atoms with Crippen LogP contribution in [-0.2, 0) is 10.2 Å². The van der Waals surface area contributed by atoms with Gasteiger partial charge in [-0.15, -0.1) is 0 Å². The molecule has 0 aliphatic heterocycles. The van der Waals surface area contributed by atoms with E-state index in [9.17, 15) is 4.79 Å². The first kappa shape index (κ1) is 13.8. The van der Waals surface area contributed by atoms with E-state index in [2.05, 4.69) is 10.3 Å². The number of imidazole rings is 1. The largest absolute Gasteiger partial charge is 0.325 e. The van der Waals surface area contributed by atoms with Crippen molar-refractivity contribution in [1.82, 2.24) is 9.55 Å². The van der Waals surface area contributed by atoms with Crippen molar-refractivity contribution in [2.45, 2.75) is 18.3 Å². The number of carbonyl (C=O) groups is 1. The molecule has 0 bridgehead atoms. The molecule has 1 aliphatic carbocycles. The summed E-state index contributed by atoms with van der Waals surface area (Å²) in [4.78, 5) is 16.8. The zero-order valence-electron chi connectivity index (χ0n) is 12.6. The van der Waals surface area contributed by atoms with E-state index in [-0.39, 0.29) is 11.3 Å². The number of aromatic nitrogens is 2. The molecule has 3 aromatic rings. The lowest BCUT2D eigenvalue weighted by atomic mass is 9.95. The highest BCUT2D eigenvalue weighted by Gasteiger charge is 2.51. The highest BCUT2D eigenvalue weighted by atomic mass is 16.2. The van der Waals surface area contributed by atoms with Gasteiger partial charge in [-0.25, -0.2) is 4.98 Å². The van der Waals surface area contributed by atoms with Crippen molar-refractivity contribution in [3.05, 3.63) is 78.9 Å². The van der Waals surface area contributed by atoms with Crippen LogP contribution in [0.15, 0.2) is 73.3 Å². The zero-order chi connectivity index (χ0) is 15.7. The van der Waals surface area contributed by atoms with Crippen molar-refractivity contribution in [3.63, 3.8) is 0 Å². The maximum absolute atomic E-state index is 12.8. The molecule has 1 aliphatic rings. The molecule has 0 radical (unpaired) electrons. The van der Waals surface area contributed by atoms with Crippen molar-refractivity contribution in [3.8, 4) is 5.69 Å². The molecule has 23 heavy (non-hydrogen) atoms. The Morgan fingerprint density at radius 1 is 1.09 bits per heavy atom. The quantitative estimate of drug-likeness (QED) is 0.801. The van der Waals surface area contributed by atoms with Gasteiger partial charge in [-0.3, -0.25) is 4.79 Å². The van der Waals surface area contributed by atoms with Gasteiger partial charge in [0.2, 0.25) is 5.91 Å². The number of anilines is 1. The highest BCUT2D eigenvalue weighted by Crippen LogP contribution is 2.48. The Hall–Kier alpha value is -2.88. The van der Waals surface area contributed by atoms with Crippen molar-refractivity contribution >= 4 is 11.6 Å². The van der Waals surface area contributed by atoms with Gasteiger partial charge in [-0.05, 0) is 36.6 Å². The molecular formula is C19H17N3O. The monoisotopic (exact) mass is 303 g/mol. The lowest BCUT2D eigenvalue weighted by Crippen LogP contribution is -2.27. The number of nitrogens with zero attached hydrogens (tertiary/aromatic N) is 2. The SMILES string of the molecule is O=C(Nc1cccc(-n2ccnc2)c1)C1(c2ccccc2)CC1. The van der Waals surface area contributed by atoms with Crippen LogP contribution < -0.4 is 5.32 Å². The molecule has 0 saturated heterocycles. The van der Waals surface area contributed by atoms with E-state index >= 15 is 0 Å². The molecular weight excluding hydrogens is 286 g/mol. The molecule has 1 aromatic heterocycles. The average Bonchev–Trinajstić information content (AvgIpc) is 3.23. The van der Waals surface area contributed by atoms with Crippen molar-refractivity contribution < 1.29 is 4.79 Å². The molecule has 0 unspecified atom stereocenters. The maximum Gasteiger partial charge on any atom is 0.235 e. The highest BCUT2D eigenvalue weighted by molar-refractivity contribution is 6.01. The fourth-order valence-corrected chi connectivity index (χ4v) is 2.94. The van der Waals surface area contributed by atoms with E-state index in [4.69, 9.17) is 0 Å². The molecule has 2 aromatic carbocycles. The maximum atomic E-state index is 12.8. The van der Waals surface area contributed by atoms with Crippen LogP contribution in [0.2, 0.25) is 0 Å². The van der Waals surface area contributed by atoms with Crippen molar-refractivity contribution in [1.29, 1.82) is 0 Å². The summed E-state index contributed by atoms with van der Waals surface area (Å²) in [5, 5.41) is 3.07. The molecule has 0 spiro atoms. The normalized spacial score (nSPS) is 15.1. The standard InChI is InChI=1S/C19H17N3O/c23-18(19(9-10-19)15-5-2-1-3-6-15)21-16-7-4-8-17(13-16)22-12-11-20-14-22/h1-8,11-14H,9-10H2,(H,21,23). The van der Waals surface area contributed by atoms with Crippen LogP contribution in [0.1, 0.15) is 18.4 Å². The van der Waals surface area contributed by atoms with Gasteiger partial charge in [0.05, 0.1) is 11.7 Å². The molecule has 0 atom stereocenters. The second kappa shape index (κ2) is 5.39. The first-order valence-corrected chi connectivity index (χ1v) is 7.73. The molecule has 1 saturated carbocycles. The number of benzene rings is 2. The molecule has 1 amide bonds. The van der Waals surface area contributed by atoms with Crippen molar-refractivity contribution in [2.75, 3.05) is 5.32 Å². The predicted molar refractivity (Wildman–Crippen MR) is 89.5 cm³/mol. The minimum Gasteiger partial charge on any atom is -0.325 e. The number of amides is 1. The van der Waals surface area contributed by atoms with Crippen LogP contribution in [0.5, 0.6) is 0 Å². The van der Waals surface area contributed by atoms with Crippen LogP contribution in [0.25, 0.3) is 5.69 Å². The van der Waals surface area contributed by atoms with E-state index in [1.165, 1.54) is 0 Å². The lowest BCUT2D eigenvalue weighted by molar-refractivity contribution is -0.118. The summed E-state index contributed by atoms with van der Waals surface area (Å²) in [7, 11) is 0. The number of hydrogen-bond donors (Lipinski definition) is 1. The summed E-state index contributed by atoms with van der Waals surface area (Å²) in [5.41, 5.74) is 2.53. The van der Waals surface area contributed by atoms with E-state index < -0.39 is 0 Å². The van der Waals surface area contributed by atoms with Crippen LogP contribution in [0, 0.1) is 0 Å². The smallest absolute Gasteiger partial charge is 0.235 e. The number of rotatable bonds is 4. The number of nitrogens with one attached hydrogen (secondary N) is 1. The molecule has 1 fully saturated rings. The van der Waals surface area contributed by atoms with Gasteiger partial charge in [0.15, 0.2) is 0 Å². The minimum atomic E-state index is -0.355. The third kappa shape index (κ3) is 2.52. The Labute approximate surface area is 134 Å². The van der Waals surface area contributed by atoms with Gasteiger partial charge in [0.1, 0.15) is 0 Å². The van der Waals surface area contributed by atoms with Gasteiger partial charge in [-0.2, -0.15) is 0 Å². The topological polar surface area (TPSA) is 46.9 Å². The fourth-order valence-electron chi connectivity index (χ4n) is 2.94. The average molecular weight is 303 g/mol. The van der Waals surface area contributed by atoms with Gasteiger partial charge >= 0.3 is 0 Å². The second-order valence-corrected chi connectivity index (χ2v) is 5.92. The molecule has 4 nitrogen and oxygen atoms in total. The van der Waals surface area contributed by atoms with Crippen LogP contribution >= 0.6 is 0 Å². The summed E-state index contributed by atoms with van der Waals surface area (Å²) in [6.45, 7) is 0. The van der Waals surface area contributed by atoms with Crippen molar-refractivity contribution in [2.24, 2.45) is 0 Å². The Balaban J connectivity index is 1.57. The lowest BCUT2D eigenvalue weighted by Gasteiger charge is -2.16. The Kier molecular flexibility index (Phi) is 3.23. The Morgan fingerprint density at radius 3 is 2.61 bits per heavy atom. The molecule has 114 valence electrons. The van der Waals surface area contributed by atoms with E-state index in [1.54, 1.807) is 12.5 Å². The van der Waals surface area contributed by atoms with Gasteiger partial charge < -0.3 is 9.88 Å². The number of carbonyl (C=O) groups excluding carboxylic acids is 1. The van der Waals surface area contributed by atoms with Gasteiger partial charge in [0.25, 0.3) is 0 Å². The first-order chi connectivity index (χ1) is 11.3. The van der Waals surface area contributed by atoms with Crippen LogP contribution in [0.4, 0.5) is 5.69 Å². The van der Waals surface area contributed by atoms with Crippen LogP contribution in [0.3, 0.4) is 0 Å². The molecule has 1 N–H and O–H groups in total. The molecule has 4 rings (SSSR count). The second-order valence-electron chi connectivity index (χ2n) is 5.92. The summed E-state index contributed by atoms with van der Waals surface area (Å²) in [6.07, 6.45) is 7.18.